The number of phenols is 2. The van der Waals surface area contributed by atoms with Crippen LogP contribution in [0.3, 0.4) is 0 Å². The van der Waals surface area contributed by atoms with E-state index < -0.39 is 5.60 Å². The van der Waals surface area contributed by atoms with Crippen molar-refractivity contribution in [1.29, 1.82) is 0 Å². The maximum absolute atomic E-state index is 11.0. The Morgan fingerprint density at radius 2 is 2.00 bits per heavy atom. The van der Waals surface area contributed by atoms with Crippen molar-refractivity contribution in [3.8, 4) is 23.0 Å². The Balaban J connectivity index is 1.92. The smallest absolute Gasteiger partial charge is 0.160 e. The normalized spacial score (nSPS) is 24.9. The van der Waals surface area contributed by atoms with Crippen LogP contribution in [0.15, 0.2) is 30.3 Å². The number of benzene rings is 2. The Morgan fingerprint density at radius 3 is 2.77 bits per heavy atom. The quantitative estimate of drug-likeness (QED) is 0.750. The van der Waals surface area contributed by atoms with Gasteiger partial charge in [-0.1, -0.05) is 6.07 Å². The SMILES string of the molecule is COc1cc2c(cc1O)[C@H]1c3ccc(O)cc3OC[C@]1(O)C2. The van der Waals surface area contributed by atoms with Crippen LogP contribution in [0.2, 0.25) is 0 Å². The number of methoxy groups -OCH3 is 1. The molecule has 4 rings (SSSR count). The first-order valence-electron chi connectivity index (χ1n) is 7.10. The van der Waals surface area contributed by atoms with Crippen LogP contribution in [-0.4, -0.2) is 34.6 Å². The van der Waals surface area contributed by atoms with Gasteiger partial charge in [0.1, 0.15) is 23.7 Å². The van der Waals surface area contributed by atoms with E-state index >= 15 is 0 Å². The van der Waals surface area contributed by atoms with Gasteiger partial charge in [0.05, 0.1) is 7.11 Å². The van der Waals surface area contributed by atoms with Crippen LogP contribution in [-0.2, 0) is 6.42 Å². The Bertz CT molecular complexity index is 770. The molecule has 2 aliphatic rings. The third-order valence-corrected chi connectivity index (χ3v) is 4.57. The third-order valence-electron chi connectivity index (χ3n) is 4.57. The van der Waals surface area contributed by atoms with Gasteiger partial charge in [-0.2, -0.15) is 0 Å². The second-order valence-electron chi connectivity index (χ2n) is 5.95. The summed E-state index contributed by atoms with van der Waals surface area (Å²) in [5, 5.41) is 30.7. The van der Waals surface area contributed by atoms with Gasteiger partial charge in [0.15, 0.2) is 11.5 Å². The molecule has 0 amide bonds. The van der Waals surface area contributed by atoms with Gasteiger partial charge in [-0.3, -0.25) is 0 Å². The van der Waals surface area contributed by atoms with E-state index in [4.69, 9.17) is 9.47 Å². The number of hydrogen-bond acceptors (Lipinski definition) is 5. The summed E-state index contributed by atoms with van der Waals surface area (Å²) < 4.78 is 10.8. The molecule has 22 heavy (non-hydrogen) atoms. The lowest BCUT2D eigenvalue weighted by Crippen LogP contribution is -2.43. The van der Waals surface area contributed by atoms with E-state index in [2.05, 4.69) is 0 Å². The first-order chi connectivity index (χ1) is 10.5. The van der Waals surface area contributed by atoms with Crippen LogP contribution in [0, 0.1) is 0 Å². The molecule has 0 saturated carbocycles. The molecule has 0 aromatic heterocycles. The average Bonchev–Trinajstić information content (AvgIpc) is 2.78. The van der Waals surface area contributed by atoms with E-state index in [-0.39, 0.29) is 24.0 Å². The summed E-state index contributed by atoms with van der Waals surface area (Å²) in [6.45, 7) is 0.145. The minimum atomic E-state index is -1.05. The van der Waals surface area contributed by atoms with Crippen LogP contribution in [0.1, 0.15) is 22.6 Å². The highest BCUT2D eigenvalue weighted by Crippen LogP contribution is 2.53. The van der Waals surface area contributed by atoms with Gasteiger partial charge in [-0.25, -0.2) is 0 Å². The van der Waals surface area contributed by atoms with Crippen molar-refractivity contribution in [2.45, 2.75) is 17.9 Å². The molecular formula is C17H16O5. The molecule has 0 unspecified atom stereocenters. The van der Waals surface area contributed by atoms with Crippen LogP contribution in [0.5, 0.6) is 23.0 Å². The fourth-order valence-corrected chi connectivity index (χ4v) is 3.61. The summed E-state index contributed by atoms with van der Waals surface area (Å²) in [6, 6.07) is 8.31. The molecule has 2 aromatic carbocycles. The summed E-state index contributed by atoms with van der Waals surface area (Å²) in [4.78, 5) is 0. The Morgan fingerprint density at radius 1 is 1.18 bits per heavy atom. The number of hydrogen-bond donors (Lipinski definition) is 3. The number of aliphatic hydroxyl groups is 1. The molecule has 0 saturated heterocycles. The summed E-state index contributed by atoms with van der Waals surface area (Å²) in [5.41, 5.74) is 1.57. The summed E-state index contributed by atoms with van der Waals surface area (Å²) in [7, 11) is 1.50. The van der Waals surface area contributed by atoms with Crippen LogP contribution >= 0.6 is 0 Å². The zero-order valence-electron chi connectivity index (χ0n) is 12.0. The molecule has 0 bridgehead atoms. The topological polar surface area (TPSA) is 79.2 Å². The van der Waals surface area contributed by atoms with E-state index in [0.29, 0.717) is 17.9 Å². The first-order valence-corrected chi connectivity index (χ1v) is 7.10. The molecule has 1 heterocycles. The molecule has 5 nitrogen and oxygen atoms in total. The first kappa shape index (κ1) is 13.3. The molecule has 2 aromatic rings. The van der Waals surface area contributed by atoms with Crippen molar-refractivity contribution in [3.05, 3.63) is 47.0 Å². The zero-order valence-corrected chi connectivity index (χ0v) is 12.0. The molecule has 5 heteroatoms. The molecule has 1 aliphatic heterocycles. The van der Waals surface area contributed by atoms with Gasteiger partial charge < -0.3 is 24.8 Å². The lowest BCUT2D eigenvalue weighted by Gasteiger charge is -2.36. The van der Waals surface area contributed by atoms with E-state index in [9.17, 15) is 15.3 Å². The van der Waals surface area contributed by atoms with Crippen molar-refractivity contribution in [1.82, 2.24) is 0 Å². The number of fused-ring (bicyclic) bond motifs is 5. The van der Waals surface area contributed by atoms with Crippen molar-refractivity contribution >= 4 is 0 Å². The highest BCUT2D eigenvalue weighted by molar-refractivity contribution is 5.58. The second-order valence-corrected chi connectivity index (χ2v) is 5.95. The minimum Gasteiger partial charge on any atom is -0.508 e. The lowest BCUT2D eigenvalue weighted by molar-refractivity contribution is -0.0218. The summed E-state index contributed by atoms with van der Waals surface area (Å²) >= 11 is 0. The van der Waals surface area contributed by atoms with Crippen molar-refractivity contribution in [2.24, 2.45) is 0 Å². The van der Waals surface area contributed by atoms with Gasteiger partial charge in [0, 0.05) is 24.0 Å². The standard InChI is InChI=1S/C17H16O5/c1-21-15-4-9-7-17(20)8-22-14-5-10(18)2-3-11(14)16(17)12(9)6-13(15)19/h2-6,16,18-20H,7-8H2,1H3/t16-,17-/m1/s1. The van der Waals surface area contributed by atoms with E-state index in [1.165, 1.54) is 7.11 Å². The number of rotatable bonds is 1. The van der Waals surface area contributed by atoms with E-state index in [0.717, 1.165) is 16.7 Å². The fourth-order valence-electron chi connectivity index (χ4n) is 3.61. The second kappa shape index (κ2) is 4.30. The summed E-state index contributed by atoms with van der Waals surface area (Å²) in [5.74, 6) is 0.853. The zero-order chi connectivity index (χ0) is 15.5. The van der Waals surface area contributed by atoms with Gasteiger partial charge in [0.2, 0.25) is 0 Å². The minimum absolute atomic E-state index is 0.0531. The van der Waals surface area contributed by atoms with Crippen molar-refractivity contribution in [3.63, 3.8) is 0 Å². The van der Waals surface area contributed by atoms with Gasteiger partial charge in [-0.05, 0) is 29.3 Å². The molecule has 114 valence electrons. The molecule has 0 spiro atoms. The van der Waals surface area contributed by atoms with Gasteiger partial charge in [0.25, 0.3) is 0 Å². The van der Waals surface area contributed by atoms with Crippen LogP contribution in [0.25, 0.3) is 0 Å². The highest BCUT2D eigenvalue weighted by Gasteiger charge is 2.50. The Labute approximate surface area is 127 Å². The highest BCUT2D eigenvalue weighted by atomic mass is 16.5. The third kappa shape index (κ3) is 1.69. The average molecular weight is 300 g/mol. The largest absolute Gasteiger partial charge is 0.508 e. The Kier molecular flexibility index (Phi) is 2.60. The predicted octanol–water partition coefficient (Wildman–Crippen LogP) is 1.92. The number of aromatic hydroxyl groups is 2. The number of phenolic OH excluding ortho intramolecular Hbond substituents is 2. The fraction of sp³-hybridized carbons (Fsp3) is 0.294. The van der Waals surface area contributed by atoms with Crippen LogP contribution < -0.4 is 9.47 Å². The lowest BCUT2D eigenvalue weighted by atomic mass is 9.80. The van der Waals surface area contributed by atoms with Crippen LogP contribution in [0.4, 0.5) is 0 Å². The van der Waals surface area contributed by atoms with Gasteiger partial charge >= 0.3 is 0 Å². The molecule has 0 fully saturated rings. The van der Waals surface area contributed by atoms with Crippen molar-refractivity contribution in [2.75, 3.05) is 13.7 Å². The van der Waals surface area contributed by atoms with E-state index in [1.807, 2.05) is 0 Å². The molecule has 0 radical (unpaired) electrons. The maximum atomic E-state index is 11.0. The Hall–Kier alpha value is -2.40. The number of ether oxygens (including phenoxy) is 2. The van der Waals surface area contributed by atoms with Gasteiger partial charge in [-0.15, -0.1) is 0 Å². The van der Waals surface area contributed by atoms with E-state index in [1.54, 1.807) is 30.3 Å². The molecule has 3 N–H and O–H groups in total. The molecule has 2 atom stereocenters. The predicted molar refractivity (Wildman–Crippen MR) is 78.8 cm³/mol. The molecule has 1 aliphatic carbocycles. The molecular weight excluding hydrogens is 284 g/mol. The van der Waals surface area contributed by atoms with Crippen molar-refractivity contribution < 1.29 is 24.8 Å². The monoisotopic (exact) mass is 300 g/mol. The maximum Gasteiger partial charge on any atom is 0.160 e. The summed E-state index contributed by atoms with van der Waals surface area (Å²) in [6.07, 6.45) is 0.434.